The van der Waals surface area contributed by atoms with E-state index in [1.54, 1.807) is 13.3 Å². The largest absolute Gasteiger partial charge is 0.496 e. The Kier molecular flexibility index (Phi) is 7.80. The average molecular weight is 459 g/mol. The van der Waals surface area contributed by atoms with Gasteiger partial charge in [0.1, 0.15) is 5.75 Å². The number of hydrogen-bond donors (Lipinski definition) is 1. The Hall–Kier alpha value is -2.22. The van der Waals surface area contributed by atoms with Gasteiger partial charge in [-0.15, -0.1) is 0 Å². The lowest BCUT2D eigenvalue weighted by Crippen LogP contribution is -2.48. The normalized spacial score (nSPS) is 15.6. The Morgan fingerprint density at radius 2 is 1.83 bits per heavy atom. The Labute approximate surface area is 180 Å². The summed E-state index contributed by atoms with van der Waals surface area (Å²) in [4.78, 5) is 16.8. The van der Waals surface area contributed by atoms with E-state index in [2.05, 4.69) is 67.4 Å². The third-order valence-corrected chi connectivity index (χ3v) is 5.56. The van der Waals surface area contributed by atoms with E-state index >= 15 is 0 Å². The number of methoxy groups -OCH3 is 1. The van der Waals surface area contributed by atoms with E-state index in [1.807, 2.05) is 18.2 Å². The molecular formula is C22H27BrN4O2. The number of piperazine rings is 1. The van der Waals surface area contributed by atoms with E-state index in [9.17, 15) is 4.79 Å². The highest BCUT2D eigenvalue weighted by molar-refractivity contribution is 9.10. The van der Waals surface area contributed by atoms with Crippen LogP contribution in [-0.4, -0.2) is 61.8 Å². The Morgan fingerprint density at radius 1 is 1.14 bits per heavy atom. The van der Waals surface area contributed by atoms with Crippen LogP contribution in [0.2, 0.25) is 0 Å². The monoisotopic (exact) mass is 458 g/mol. The van der Waals surface area contributed by atoms with Gasteiger partial charge < -0.3 is 4.74 Å². The standard InChI is InChI=1S/C22H27BrN4O2/c1-17-3-5-18(6-4-17)15-26-9-11-27(12-10-26)16-22(28)25-24-14-19-7-8-21(29-2)20(23)13-19/h3-8,13-14H,9-12,15-16H2,1-2H3,(H,25,28)/b24-14-. The summed E-state index contributed by atoms with van der Waals surface area (Å²) in [6.45, 7) is 7.12. The molecule has 3 rings (SSSR count). The van der Waals surface area contributed by atoms with Gasteiger partial charge in [-0.25, -0.2) is 5.43 Å². The predicted molar refractivity (Wildman–Crippen MR) is 119 cm³/mol. The highest BCUT2D eigenvalue weighted by atomic mass is 79.9. The third-order valence-electron chi connectivity index (χ3n) is 4.94. The predicted octanol–water partition coefficient (Wildman–Crippen LogP) is 3.03. The number of carbonyl (C=O) groups excluding carboxylic acids is 1. The van der Waals surface area contributed by atoms with Crippen LogP contribution in [0.15, 0.2) is 52.0 Å². The minimum absolute atomic E-state index is 0.0965. The topological polar surface area (TPSA) is 57.2 Å². The molecule has 1 aliphatic heterocycles. The van der Waals surface area contributed by atoms with Crippen molar-refractivity contribution in [2.24, 2.45) is 5.10 Å². The Bertz CT molecular complexity index is 846. The smallest absolute Gasteiger partial charge is 0.254 e. The molecule has 1 heterocycles. The highest BCUT2D eigenvalue weighted by Crippen LogP contribution is 2.24. The van der Waals surface area contributed by atoms with Crippen LogP contribution in [0.4, 0.5) is 0 Å². The van der Waals surface area contributed by atoms with Crippen LogP contribution in [0, 0.1) is 6.92 Å². The molecule has 0 atom stereocenters. The van der Waals surface area contributed by atoms with Crippen molar-refractivity contribution in [3.05, 3.63) is 63.6 Å². The maximum Gasteiger partial charge on any atom is 0.254 e. The summed E-state index contributed by atoms with van der Waals surface area (Å²) in [5.74, 6) is 0.661. The molecular weight excluding hydrogens is 432 g/mol. The van der Waals surface area contributed by atoms with Crippen LogP contribution < -0.4 is 10.2 Å². The van der Waals surface area contributed by atoms with Crippen molar-refractivity contribution >= 4 is 28.1 Å². The van der Waals surface area contributed by atoms with Gasteiger partial charge in [0.25, 0.3) is 5.91 Å². The van der Waals surface area contributed by atoms with Gasteiger partial charge >= 0.3 is 0 Å². The molecule has 1 saturated heterocycles. The van der Waals surface area contributed by atoms with Crippen LogP contribution in [0.1, 0.15) is 16.7 Å². The number of aryl methyl sites for hydroxylation is 1. The van der Waals surface area contributed by atoms with Crippen molar-refractivity contribution in [2.75, 3.05) is 39.8 Å². The lowest BCUT2D eigenvalue weighted by molar-refractivity contribution is -0.122. The molecule has 1 amide bonds. The quantitative estimate of drug-likeness (QED) is 0.511. The first-order valence-corrected chi connectivity index (χ1v) is 10.5. The van der Waals surface area contributed by atoms with Gasteiger partial charge in [0.05, 0.1) is 24.3 Å². The first kappa shape index (κ1) is 21.5. The van der Waals surface area contributed by atoms with Crippen LogP contribution >= 0.6 is 15.9 Å². The molecule has 154 valence electrons. The number of amides is 1. The van der Waals surface area contributed by atoms with Gasteiger partial charge in [-0.1, -0.05) is 29.8 Å². The van der Waals surface area contributed by atoms with Crippen LogP contribution in [0.3, 0.4) is 0 Å². The van der Waals surface area contributed by atoms with E-state index in [0.717, 1.165) is 48.5 Å². The minimum atomic E-state index is -0.0965. The van der Waals surface area contributed by atoms with E-state index in [-0.39, 0.29) is 5.91 Å². The number of nitrogens with one attached hydrogen (secondary N) is 1. The van der Waals surface area contributed by atoms with E-state index in [4.69, 9.17) is 4.74 Å². The van der Waals surface area contributed by atoms with Crippen molar-refractivity contribution in [3.63, 3.8) is 0 Å². The van der Waals surface area contributed by atoms with E-state index in [1.165, 1.54) is 11.1 Å². The molecule has 0 bridgehead atoms. The molecule has 1 N–H and O–H groups in total. The van der Waals surface area contributed by atoms with Crippen molar-refractivity contribution in [2.45, 2.75) is 13.5 Å². The fourth-order valence-corrected chi connectivity index (χ4v) is 3.80. The lowest BCUT2D eigenvalue weighted by atomic mass is 10.1. The molecule has 1 fully saturated rings. The van der Waals surface area contributed by atoms with Crippen molar-refractivity contribution < 1.29 is 9.53 Å². The van der Waals surface area contributed by atoms with Crippen molar-refractivity contribution in [3.8, 4) is 5.75 Å². The number of rotatable bonds is 7. The summed E-state index contributed by atoms with van der Waals surface area (Å²) in [5.41, 5.74) is 6.11. The number of ether oxygens (including phenoxy) is 1. The molecule has 2 aromatic rings. The molecule has 7 heteroatoms. The van der Waals surface area contributed by atoms with Gasteiger partial charge in [-0.2, -0.15) is 5.10 Å². The summed E-state index contributed by atoms with van der Waals surface area (Å²) in [7, 11) is 1.62. The molecule has 6 nitrogen and oxygen atoms in total. The minimum Gasteiger partial charge on any atom is -0.496 e. The van der Waals surface area contributed by atoms with Gasteiger partial charge in [0.15, 0.2) is 0 Å². The van der Waals surface area contributed by atoms with Crippen molar-refractivity contribution in [1.29, 1.82) is 0 Å². The molecule has 1 aliphatic rings. The first-order chi connectivity index (χ1) is 14.0. The summed E-state index contributed by atoms with van der Waals surface area (Å²) in [6.07, 6.45) is 1.63. The third kappa shape index (κ3) is 6.66. The molecule has 29 heavy (non-hydrogen) atoms. The number of hydrogen-bond acceptors (Lipinski definition) is 5. The fourth-order valence-electron chi connectivity index (χ4n) is 3.24. The van der Waals surface area contributed by atoms with Gasteiger partial charge in [-0.05, 0) is 52.2 Å². The van der Waals surface area contributed by atoms with Crippen LogP contribution in [0.25, 0.3) is 0 Å². The number of carbonyl (C=O) groups is 1. The molecule has 0 aromatic heterocycles. The first-order valence-electron chi connectivity index (χ1n) is 9.69. The number of nitrogens with zero attached hydrogens (tertiary/aromatic N) is 3. The van der Waals surface area contributed by atoms with Crippen LogP contribution in [0.5, 0.6) is 5.75 Å². The fraction of sp³-hybridized carbons (Fsp3) is 0.364. The summed E-state index contributed by atoms with van der Waals surface area (Å²) in [5, 5.41) is 4.06. The molecule has 0 aliphatic carbocycles. The second-order valence-corrected chi connectivity index (χ2v) is 8.08. The van der Waals surface area contributed by atoms with Crippen molar-refractivity contribution in [1.82, 2.24) is 15.2 Å². The number of halogens is 1. The van der Waals surface area contributed by atoms with Gasteiger partial charge in [-0.3, -0.25) is 14.6 Å². The zero-order valence-electron chi connectivity index (χ0n) is 16.9. The van der Waals surface area contributed by atoms with Gasteiger partial charge in [0.2, 0.25) is 0 Å². The molecule has 0 spiro atoms. The van der Waals surface area contributed by atoms with E-state index < -0.39 is 0 Å². The summed E-state index contributed by atoms with van der Waals surface area (Å²) >= 11 is 3.44. The van der Waals surface area contributed by atoms with E-state index in [0.29, 0.717) is 6.54 Å². The number of benzene rings is 2. The molecule has 0 unspecified atom stereocenters. The van der Waals surface area contributed by atoms with Gasteiger partial charge in [0, 0.05) is 32.7 Å². The lowest BCUT2D eigenvalue weighted by Gasteiger charge is -2.34. The SMILES string of the molecule is COc1ccc(/C=N\NC(=O)CN2CCN(Cc3ccc(C)cc3)CC2)cc1Br. The zero-order valence-corrected chi connectivity index (χ0v) is 18.5. The maximum atomic E-state index is 12.2. The molecule has 2 aromatic carbocycles. The molecule has 0 radical (unpaired) electrons. The van der Waals surface area contributed by atoms with Crippen LogP contribution in [-0.2, 0) is 11.3 Å². The number of hydrazone groups is 1. The average Bonchev–Trinajstić information content (AvgIpc) is 2.71. The molecule has 0 saturated carbocycles. The summed E-state index contributed by atoms with van der Waals surface area (Å²) < 4.78 is 6.05. The zero-order chi connectivity index (χ0) is 20.6. The Balaban J connectivity index is 1.39. The summed E-state index contributed by atoms with van der Waals surface area (Å²) in [6, 6.07) is 14.3. The Morgan fingerprint density at radius 3 is 2.48 bits per heavy atom. The maximum absolute atomic E-state index is 12.2. The second-order valence-electron chi connectivity index (χ2n) is 7.23. The highest BCUT2D eigenvalue weighted by Gasteiger charge is 2.18. The second kappa shape index (κ2) is 10.5.